The lowest BCUT2D eigenvalue weighted by Crippen LogP contribution is -2.17. The second-order valence-corrected chi connectivity index (χ2v) is 7.49. The van der Waals surface area contributed by atoms with E-state index in [1.807, 2.05) is 6.07 Å². The summed E-state index contributed by atoms with van der Waals surface area (Å²) in [7, 11) is -3.26. The first kappa shape index (κ1) is 14.8. The zero-order chi connectivity index (χ0) is 16.6. The molecule has 0 radical (unpaired) electrons. The summed E-state index contributed by atoms with van der Waals surface area (Å²) in [6.45, 7) is 0. The summed E-state index contributed by atoms with van der Waals surface area (Å²) < 4.78 is 32.2. The molecule has 3 aromatic rings. The molecule has 0 saturated heterocycles. The molecule has 2 heterocycles. The first-order chi connectivity index (χ1) is 11.6. The molecule has 1 aliphatic rings. The van der Waals surface area contributed by atoms with Gasteiger partial charge in [-0.3, -0.25) is 4.72 Å². The fourth-order valence-corrected chi connectivity index (χ4v) is 3.67. The van der Waals surface area contributed by atoms with Gasteiger partial charge in [0.05, 0.1) is 10.6 Å². The van der Waals surface area contributed by atoms with Crippen LogP contribution < -0.4 is 9.46 Å². The average molecular weight is 342 g/mol. The average Bonchev–Trinajstić information content (AvgIpc) is 3.42. The summed E-state index contributed by atoms with van der Waals surface area (Å²) in [5.41, 5.74) is 1.07. The number of anilines is 1. The molecule has 2 aromatic heterocycles. The molecule has 1 N–H and O–H groups in total. The second-order valence-electron chi connectivity index (χ2n) is 5.53. The van der Waals surface area contributed by atoms with Crippen LogP contribution in [0.1, 0.15) is 12.8 Å². The molecule has 1 aliphatic carbocycles. The molecule has 0 bridgehead atoms. The van der Waals surface area contributed by atoms with E-state index in [2.05, 4.69) is 19.7 Å². The van der Waals surface area contributed by atoms with E-state index in [-0.39, 0.29) is 5.25 Å². The lowest BCUT2D eigenvalue weighted by atomic mass is 10.3. The molecular weight excluding hydrogens is 328 g/mol. The molecule has 0 aliphatic heterocycles. The number of aromatic nitrogens is 3. The van der Waals surface area contributed by atoms with Crippen LogP contribution >= 0.6 is 0 Å². The number of sulfonamides is 1. The van der Waals surface area contributed by atoms with Crippen LogP contribution in [-0.4, -0.2) is 28.6 Å². The first-order valence-corrected chi connectivity index (χ1v) is 9.02. The third-order valence-electron chi connectivity index (χ3n) is 3.66. The number of fused-ring (bicyclic) bond motifs is 1. The first-order valence-electron chi connectivity index (χ1n) is 7.47. The Morgan fingerprint density at radius 1 is 1.04 bits per heavy atom. The van der Waals surface area contributed by atoms with E-state index in [0.29, 0.717) is 28.4 Å². The quantitative estimate of drug-likeness (QED) is 0.766. The summed E-state index contributed by atoms with van der Waals surface area (Å²) in [6.07, 6.45) is 4.50. The number of rotatable bonds is 5. The Balaban J connectivity index is 1.55. The van der Waals surface area contributed by atoms with Crippen LogP contribution in [0.2, 0.25) is 0 Å². The highest BCUT2D eigenvalue weighted by Crippen LogP contribution is 2.31. The van der Waals surface area contributed by atoms with Crippen LogP contribution in [0, 0.1) is 0 Å². The zero-order valence-corrected chi connectivity index (χ0v) is 13.4. The minimum atomic E-state index is -3.26. The van der Waals surface area contributed by atoms with E-state index in [4.69, 9.17) is 4.74 Å². The third kappa shape index (κ3) is 3.00. The Labute approximate surface area is 138 Å². The van der Waals surface area contributed by atoms with Crippen molar-refractivity contribution in [2.24, 2.45) is 0 Å². The highest BCUT2D eigenvalue weighted by atomic mass is 32.2. The molecule has 7 nitrogen and oxygen atoms in total. The van der Waals surface area contributed by atoms with Crippen molar-refractivity contribution in [3.05, 3.63) is 48.9 Å². The van der Waals surface area contributed by atoms with E-state index in [1.54, 1.807) is 36.5 Å². The number of nitrogens with one attached hydrogen (secondary N) is 1. The predicted molar refractivity (Wildman–Crippen MR) is 89.4 cm³/mol. The summed E-state index contributed by atoms with van der Waals surface area (Å²) in [4.78, 5) is 12.4. The monoisotopic (exact) mass is 342 g/mol. The van der Waals surface area contributed by atoms with Gasteiger partial charge in [0, 0.05) is 11.9 Å². The summed E-state index contributed by atoms with van der Waals surface area (Å²) in [5.74, 6) is 0.952. The molecule has 24 heavy (non-hydrogen) atoms. The van der Waals surface area contributed by atoms with Crippen LogP contribution in [-0.2, 0) is 10.0 Å². The second kappa shape index (κ2) is 5.72. The molecule has 1 aromatic carbocycles. The molecule has 1 fully saturated rings. The molecule has 4 rings (SSSR count). The van der Waals surface area contributed by atoms with E-state index in [9.17, 15) is 8.42 Å². The van der Waals surface area contributed by atoms with E-state index < -0.39 is 10.0 Å². The summed E-state index contributed by atoms with van der Waals surface area (Å²) >= 11 is 0. The minimum absolute atomic E-state index is 0.256. The van der Waals surface area contributed by atoms with Gasteiger partial charge in [0.2, 0.25) is 15.9 Å². The maximum Gasteiger partial charge on any atom is 0.235 e. The van der Waals surface area contributed by atoms with E-state index >= 15 is 0 Å². The van der Waals surface area contributed by atoms with Gasteiger partial charge in [-0.15, -0.1) is 0 Å². The van der Waals surface area contributed by atoms with Gasteiger partial charge in [0.15, 0.2) is 5.65 Å². The number of ether oxygens (including phenoxy) is 1. The standard InChI is InChI=1S/C16H14N4O3S/c21-24(22,13-7-8-13)20-11-3-5-12(6-4-11)23-16-14-2-1-9-17-15(14)18-10-19-16/h1-6,9-10,13,20H,7-8H2. The number of benzene rings is 1. The van der Waals surface area contributed by atoms with Gasteiger partial charge in [0.25, 0.3) is 0 Å². The molecule has 122 valence electrons. The highest BCUT2D eigenvalue weighted by Gasteiger charge is 2.35. The topological polar surface area (TPSA) is 94.1 Å². The smallest absolute Gasteiger partial charge is 0.235 e. The number of hydrogen-bond donors (Lipinski definition) is 1. The van der Waals surface area contributed by atoms with Gasteiger partial charge in [-0.05, 0) is 49.2 Å². The normalized spacial score (nSPS) is 14.5. The SMILES string of the molecule is O=S(=O)(Nc1ccc(Oc2ncnc3ncccc23)cc1)C1CC1. The van der Waals surface area contributed by atoms with Crippen molar-refractivity contribution < 1.29 is 13.2 Å². The van der Waals surface area contributed by atoms with Gasteiger partial charge in [-0.1, -0.05) is 0 Å². The molecule has 0 spiro atoms. The lowest BCUT2D eigenvalue weighted by Gasteiger charge is -2.09. The van der Waals surface area contributed by atoms with Gasteiger partial charge in [0.1, 0.15) is 12.1 Å². The zero-order valence-electron chi connectivity index (χ0n) is 12.6. The van der Waals surface area contributed by atoms with Crippen molar-refractivity contribution in [1.29, 1.82) is 0 Å². The summed E-state index contributed by atoms with van der Waals surface area (Å²) in [6, 6.07) is 10.3. The number of nitrogens with zero attached hydrogens (tertiary/aromatic N) is 3. The molecule has 0 atom stereocenters. The van der Waals surface area contributed by atoms with Crippen molar-refractivity contribution >= 4 is 26.7 Å². The van der Waals surface area contributed by atoms with Gasteiger partial charge >= 0.3 is 0 Å². The number of hydrogen-bond acceptors (Lipinski definition) is 6. The van der Waals surface area contributed by atoms with Crippen molar-refractivity contribution in [3.8, 4) is 11.6 Å². The Hall–Kier alpha value is -2.74. The fourth-order valence-electron chi connectivity index (χ4n) is 2.28. The molecular formula is C16H14N4O3S. The Morgan fingerprint density at radius 2 is 1.83 bits per heavy atom. The van der Waals surface area contributed by atoms with Crippen LogP contribution in [0.5, 0.6) is 11.6 Å². The molecule has 1 saturated carbocycles. The van der Waals surface area contributed by atoms with E-state index in [1.165, 1.54) is 6.33 Å². The maximum absolute atomic E-state index is 11.9. The number of pyridine rings is 1. The van der Waals surface area contributed by atoms with Gasteiger partial charge in [-0.2, -0.15) is 0 Å². The minimum Gasteiger partial charge on any atom is -0.438 e. The van der Waals surface area contributed by atoms with Crippen molar-refractivity contribution in [2.75, 3.05) is 4.72 Å². The molecule has 0 amide bonds. The van der Waals surface area contributed by atoms with Crippen molar-refractivity contribution in [3.63, 3.8) is 0 Å². The van der Waals surface area contributed by atoms with Gasteiger partial charge in [-0.25, -0.2) is 23.4 Å². The predicted octanol–water partition coefficient (Wildman–Crippen LogP) is 2.72. The van der Waals surface area contributed by atoms with Crippen molar-refractivity contribution in [2.45, 2.75) is 18.1 Å². The fraction of sp³-hybridized carbons (Fsp3) is 0.188. The van der Waals surface area contributed by atoms with Crippen LogP contribution in [0.4, 0.5) is 5.69 Å². The van der Waals surface area contributed by atoms with Crippen LogP contribution in [0.25, 0.3) is 11.0 Å². The Kier molecular flexibility index (Phi) is 3.53. The molecule has 0 unspecified atom stereocenters. The van der Waals surface area contributed by atoms with Gasteiger partial charge < -0.3 is 4.74 Å². The Morgan fingerprint density at radius 3 is 2.58 bits per heavy atom. The maximum atomic E-state index is 11.9. The lowest BCUT2D eigenvalue weighted by molar-refractivity contribution is 0.468. The van der Waals surface area contributed by atoms with E-state index in [0.717, 1.165) is 12.8 Å². The van der Waals surface area contributed by atoms with Crippen LogP contribution in [0.3, 0.4) is 0 Å². The third-order valence-corrected chi connectivity index (χ3v) is 5.53. The van der Waals surface area contributed by atoms with Crippen molar-refractivity contribution in [1.82, 2.24) is 15.0 Å². The Bertz CT molecular complexity index is 980. The highest BCUT2D eigenvalue weighted by molar-refractivity contribution is 7.93. The van der Waals surface area contributed by atoms with Crippen LogP contribution in [0.15, 0.2) is 48.9 Å². The summed E-state index contributed by atoms with van der Waals surface area (Å²) in [5, 5.41) is 0.451. The largest absolute Gasteiger partial charge is 0.438 e. The molecule has 8 heteroatoms.